The van der Waals surface area contributed by atoms with Crippen LogP contribution in [0.1, 0.15) is 17.3 Å². The highest BCUT2D eigenvalue weighted by Crippen LogP contribution is 2.17. The van der Waals surface area contributed by atoms with E-state index in [0.717, 1.165) is 6.07 Å². The van der Waals surface area contributed by atoms with Crippen LogP contribution in [0.25, 0.3) is 0 Å². The van der Waals surface area contributed by atoms with Gasteiger partial charge in [0.1, 0.15) is 5.82 Å². The quantitative estimate of drug-likeness (QED) is 0.907. The number of carbonyl (C=O) groups excluding carboxylic acids is 2. The minimum atomic E-state index is -0.626. The number of nitrogens with zero attached hydrogens (tertiary/aromatic N) is 2. The van der Waals surface area contributed by atoms with E-state index in [1.807, 2.05) is 6.92 Å². The summed E-state index contributed by atoms with van der Waals surface area (Å²) < 4.78 is 13.8. The average molecular weight is 314 g/mol. The molecule has 0 spiro atoms. The van der Waals surface area contributed by atoms with E-state index in [9.17, 15) is 14.0 Å². The van der Waals surface area contributed by atoms with Crippen molar-refractivity contribution in [1.29, 1.82) is 0 Å². The Morgan fingerprint density at radius 3 is 2.43 bits per heavy atom. The number of hydrogen-bond acceptors (Lipinski definition) is 2. The van der Waals surface area contributed by atoms with E-state index in [4.69, 9.17) is 11.6 Å². The predicted octanol–water partition coefficient (Wildman–Crippen LogP) is 1.97. The molecule has 1 aromatic rings. The van der Waals surface area contributed by atoms with Crippen LogP contribution in [-0.4, -0.2) is 54.5 Å². The van der Waals surface area contributed by atoms with Gasteiger partial charge in [0.2, 0.25) is 0 Å². The molecule has 21 heavy (non-hydrogen) atoms. The molecule has 0 atom stereocenters. The van der Waals surface area contributed by atoms with E-state index in [1.165, 1.54) is 12.1 Å². The standard InChI is InChI=1S/C14H17ClFN3O2/c1-2-17-14(21)19-7-5-18(6-8-19)13(20)11-4-3-10(15)9-12(11)16/h3-4,9H,2,5-8H2,1H3,(H,17,21). The van der Waals surface area contributed by atoms with Crippen molar-refractivity contribution in [3.05, 3.63) is 34.6 Å². The third-order valence-electron chi connectivity index (χ3n) is 3.34. The second-order valence-corrected chi connectivity index (χ2v) is 5.18. The van der Waals surface area contributed by atoms with E-state index >= 15 is 0 Å². The molecule has 1 saturated heterocycles. The molecular weight excluding hydrogens is 297 g/mol. The fourth-order valence-corrected chi connectivity index (χ4v) is 2.37. The fraction of sp³-hybridized carbons (Fsp3) is 0.429. The van der Waals surface area contributed by atoms with Crippen molar-refractivity contribution in [2.75, 3.05) is 32.7 Å². The first-order valence-corrected chi connectivity index (χ1v) is 7.17. The molecule has 1 fully saturated rings. The number of amides is 3. The molecule has 0 saturated carbocycles. The topological polar surface area (TPSA) is 52.7 Å². The molecule has 5 nitrogen and oxygen atoms in total. The second-order valence-electron chi connectivity index (χ2n) is 4.74. The van der Waals surface area contributed by atoms with Gasteiger partial charge in [-0.3, -0.25) is 4.79 Å². The van der Waals surface area contributed by atoms with E-state index in [1.54, 1.807) is 9.80 Å². The van der Waals surface area contributed by atoms with Gasteiger partial charge in [-0.1, -0.05) is 11.6 Å². The monoisotopic (exact) mass is 313 g/mol. The van der Waals surface area contributed by atoms with Gasteiger partial charge in [0.25, 0.3) is 5.91 Å². The Morgan fingerprint density at radius 1 is 1.24 bits per heavy atom. The smallest absolute Gasteiger partial charge is 0.317 e. The first-order chi connectivity index (χ1) is 10.0. The van der Waals surface area contributed by atoms with Gasteiger partial charge in [0, 0.05) is 37.7 Å². The van der Waals surface area contributed by atoms with Crippen LogP contribution in [0.5, 0.6) is 0 Å². The van der Waals surface area contributed by atoms with Gasteiger partial charge in [0.15, 0.2) is 0 Å². The molecule has 0 unspecified atom stereocenters. The number of benzene rings is 1. The predicted molar refractivity (Wildman–Crippen MR) is 78.0 cm³/mol. The maximum absolute atomic E-state index is 13.8. The SMILES string of the molecule is CCNC(=O)N1CCN(C(=O)c2ccc(Cl)cc2F)CC1. The first-order valence-electron chi connectivity index (χ1n) is 6.80. The molecule has 0 aromatic heterocycles. The minimum Gasteiger partial charge on any atom is -0.338 e. The van der Waals surface area contributed by atoms with Gasteiger partial charge in [-0.05, 0) is 25.1 Å². The van der Waals surface area contributed by atoms with Gasteiger partial charge >= 0.3 is 6.03 Å². The molecular formula is C14H17ClFN3O2. The van der Waals surface area contributed by atoms with Crippen LogP contribution in [0.4, 0.5) is 9.18 Å². The highest BCUT2D eigenvalue weighted by atomic mass is 35.5. The van der Waals surface area contributed by atoms with Crippen LogP contribution < -0.4 is 5.32 Å². The van der Waals surface area contributed by atoms with Crippen molar-refractivity contribution >= 4 is 23.5 Å². The van der Waals surface area contributed by atoms with Crippen molar-refractivity contribution < 1.29 is 14.0 Å². The molecule has 1 aromatic carbocycles. The Balaban J connectivity index is 1.98. The summed E-state index contributed by atoms with van der Waals surface area (Å²) in [7, 11) is 0. The van der Waals surface area contributed by atoms with Gasteiger partial charge in [-0.25, -0.2) is 9.18 Å². The highest BCUT2D eigenvalue weighted by molar-refractivity contribution is 6.30. The number of nitrogens with one attached hydrogen (secondary N) is 1. The van der Waals surface area contributed by atoms with E-state index in [0.29, 0.717) is 32.7 Å². The van der Waals surface area contributed by atoms with E-state index < -0.39 is 5.82 Å². The molecule has 0 radical (unpaired) electrons. The lowest BCUT2D eigenvalue weighted by Crippen LogP contribution is -2.53. The molecule has 2 rings (SSSR count). The molecule has 1 N–H and O–H groups in total. The summed E-state index contributed by atoms with van der Waals surface area (Å²) in [6.07, 6.45) is 0. The summed E-state index contributed by atoms with van der Waals surface area (Å²) in [6.45, 7) is 4.06. The molecule has 3 amide bonds. The molecule has 1 aliphatic heterocycles. The molecule has 7 heteroatoms. The van der Waals surface area contributed by atoms with E-state index in [2.05, 4.69) is 5.32 Å². The number of hydrogen-bond donors (Lipinski definition) is 1. The van der Waals surface area contributed by atoms with Crippen LogP contribution >= 0.6 is 11.6 Å². The number of urea groups is 1. The number of piperazine rings is 1. The van der Waals surface area contributed by atoms with E-state index in [-0.39, 0.29) is 22.5 Å². The summed E-state index contributed by atoms with van der Waals surface area (Å²) in [5.41, 5.74) is 0.00543. The van der Waals surface area contributed by atoms with Crippen LogP contribution in [0.3, 0.4) is 0 Å². The summed E-state index contributed by atoms with van der Waals surface area (Å²) in [5.74, 6) is -1.00. The lowest BCUT2D eigenvalue weighted by molar-refractivity contribution is 0.0660. The Hall–Kier alpha value is -1.82. The first kappa shape index (κ1) is 15.6. The van der Waals surface area contributed by atoms with Gasteiger partial charge < -0.3 is 15.1 Å². The Labute approximate surface area is 127 Å². The summed E-state index contributed by atoms with van der Waals surface area (Å²) in [4.78, 5) is 27.1. The normalized spacial score (nSPS) is 15.0. The Morgan fingerprint density at radius 2 is 1.86 bits per heavy atom. The maximum atomic E-state index is 13.8. The highest BCUT2D eigenvalue weighted by Gasteiger charge is 2.26. The largest absolute Gasteiger partial charge is 0.338 e. The summed E-state index contributed by atoms with van der Waals surface area (Å²) in [5, 5.41) is 2.97. The van der Waals surface area contributed by atoms with Gasteiger partial charge in [-0.15, -0.1) is 0 Å². The molecule has 1 aliphatic rings. The van der Waals surface area contributed by atoms with Crippen LogP contribution in [0.15, 0.2) is 18.2 Å². The van der Waals surface area contributed by atoms with Crippen molar-refractivity contribution in [3.8, 4) is 0 Å². The third kappa shape index (κ3) is 3.64. The van der Waals surface area contributed by atoms with Crippen molar-refractivity contribution in [2.45, 2.75) is 6.92 Å². The third-order valence-corrected chi connectivity index (χ3v) is 3.58. The van der Waals surface area contributed by atoms with Crippen LogP contribution in [0, 0.1) is 5.82 Å². The number of carbonyl (C=O) groups is 2. The van der Waals surface area contributed by atoms with Gasteiger partial charge in [0.05, 0.1) is 5.56 Å². The Kier molecular flexibility index (Phi) is 5.01. The minimum absolute atomic E-state index is 0.00543. The lowest BCUT2D eigenvalue weighted by atomic mass is 10.1. The van der Waals surface area contributed by atoms with Crippen molar-refractivity contribution in [2.24, 2.45) is 0 Å². The maximum Gasteiger partial charge on any atom is 0.317 e. The van der Waals surface area contributed by atoms with Gasteiger partial charge in [-0.2, -0.15) is 0 Å². The zero-order valence-electron chi connectivity index (χ0n) is 11.7. The summed E-state index contributed by atoms with van der Waals surface area (Å²) >= 11 is 5.68. The molecule has 0 aliphatic carbocycles. The van der Waals surface area contributed by atoms with Crippen molar-refractivity contribution in [3.63, 3.8) is 0 Å². The molecule has 0 bridgehead atoms. The van der Waals surface area contributed by atoms with Crippen LogP contribution in [0.2, 0.25) is 5.02 Å². The Bertz CT molecular complexity index is 545. The second kappa shape index (κ2) is 6.76. The van der Waals surface area contributed by atoms with Crippen LogP contribution in [-0.2, 0) is 0 Å². The van der Waals surface area contributed by atoms with Crippen molar-refractivity contribution in [1.82, 2.24) is 15.1 Å². The zero-order chi connectivity index (χ0) is 15.4. The fourth-order valence-electron chi connectivity index (χ4n) is 2.21. The summed E-state index contributed by atoms with van der Waals surface area (Å²) in [6, 6.07) is 3.86. The number of halogens is 2. The zero-order valence-corrected chi connectivity index (χ0v) is 12.5. The molecule has 114 valence electrons. The molecule has 1 heterocycles. The lowest BCUT2D eigenvalue weighted by Gasteiger charge is -2.34. The average Bonchev–Trinajstić information content (AvgIpc) is 2.47. The number of rotatable bonds is 2.